The van der Waals surface area contributed by atoms with Gasteiger partial charge in [0.25, 0.3) is 0 Å². The molecular formula is C22H19N. The number of hydrogen-bond acceptors (Lipinski definition) is 1. The normalized spacial score (nSPS) is 10.5. The zero-order valence-electron chi connectivity index (χ0n) is 13.5. The maximum Gasteiger partial charge on any atom is 0.0991 e. The summed E-state index contributed by atoms with van der Waals surface area (Å²) in [5.41, 5.74) is 6.78. The van der Waals surface area contributed by atoms with Crippen LogP contribution in [0.1, 0.15) is 30.9 Å². The Balaban J connectivity index is 1.94. The maximum atomic E-state index is 8.90. The van der Waals surface area contributed by atoms with Crippen molar-refractivity contribution >= 4 is 0 Å². The zero-order chi connectivity index (χ0) is 16.2. The summed E-state index contributed by atoms with van der Waals surface area (Å²) in [7, 11) is 0. The molecule has 0 aliphatic rings. The minimum absolute atomic E-state index is 0.550. The Morgan fingerprint density at radius 1 is 0.696 bits per heavy atom. The highest BCUT2D eigenvalue weighted by Crippen LogP contribution is 2.27. The van der Waals surface area contributed by atoms with Gasteiger partial charge in [0.2, 0.25) is 0 Å². The molecule has 112 valence electrons. The van der Waals surface area contributed by atoms with Gasteiger partial charge < -0.3 is 0 Å². The van der Waals surface area contributed by atoms with Crippen molar-refractivity contribution in [1.29, 1.82) is 5.26 Å². The molecule has 0 radical (unpaired) electrons. The van der Waals surface area contributed by atoms with E-state index >= 15 is 0 Å². The Morgan fingerprint density at radius 2 is 1.22 bits per heavy atom. The summed E-state index contributed by atoms with van der Waals surface area (Å²) in [6.45, 7) is 4.42. The molecule has 0 spiro atoms. The molecule has 0 fully saturated rings. The van der Waals surface area contributed by atoms with Crippen LogP contribution in [0.25, 0.3) is 22.3 Å². The third-order valence-electron chi connectivity index (χ3n) is 4.12. The third-order valence-corrected chi connectivity index (χ3v) is 4.12. The molecule has 3 aromatic carbocycles. The monoisotopic (exact) mass is 297 g/mol. The Bertz CT molecular complexity index is 834. The fraction of sp³-hybridized carbons (Fsp3) is 0.136. The van der Waals surface area contributed by atoms with E-state index in [0.717, 1.165) is 5.56 Å². The van der Waals surface area contributed by atoms with Gasteiger partial charge >= 0.3 is 0 Å². The molecule has 3 aromatic rings. The van der Waals surface area contributed by atoms with E-state index in [1.165, 1.54) is 22.3 Å². The van der Waals surface area contributed by atoms with Crippen molar-refractivity contribution in [3.8, 4) is 28.3 Å². The van der Waals surface area contributed by atoms with Gasteiger partial charge in [-0.3, -0.25) is 0 Å². The minimum atomic E-state index is 0.550. The van der Waals surface area contributed by atoms with Crippen molar-refractivity contribution in [2.24, 2.45) is 0 Å². The van der Waals surface area contributed by atoms with E-state index in [1.807, 2.05) is 24.3 Å². The van der Waals surface area contributed by atoms with Crippen molar-refractivity contribution in [2.75, 3.05) is 0 Å². The lowest BCUT2D eigenvalue weighted by Crippen LogP contribution is -1.87. The Kier molecular flexibility index (Phi) is 4.26. The van der Waals surface area contributed by atoms with E-state index < -0.39 is 0 Å². The molecular weight excluding hydrogens is 278 g/mol. The summed E-state index contributed by atoms with van der Waals surface area (Å²) in [5, 5.41) is 8.90. The predicted octanol–water partition coefficient (Wildman–Crippen LogP) is 6.02. The molecule has 1 heteroatoms. The first-order valence-electron chi connectivity index (χ1n) is 7.88. The smallest absolute Gasteiger partial charge is 0.0991 e. The molecule has 0 aliphatic carbocycles. The zero-order valence-corrected chi connectivity index (χ0v) is 13.5. The van der Waals surface area contributed by atoms with Gasteiger partial charge in [-0.1, -0.05) is 68.4 Å². The van der Waals surface area contributed by atoms with E-state index in [-0.39, 0.29) is 0 Å². The van der Waals surface area contributed by atoms with Crippen LogP contribution in [0.2, 0.25) is 0 Å². The van der Waals surface area contributed by atoms with Crippen molar-refractivity contribution in [2.45, 2.75) is 19.8 Å². The molecule has 0 saturated carbocycles. The highest BCUT2D eigenvalue weighted by molar-refractivity contribution is 5.73. The van der Waals surface area contributed by atoms with Gasteiger partial charge in [-0.2, -0.15) is 5.26 Å². The second-order valence-electron chi connectivity index (χ2n) is 6.05. The van der Waals surface area contributed by atoms with Crippen LogP contribution in [0.15, 0.2) is 72.8 Å². The molecule has 0 bridgehead atoms. The molecule has 1 nitrogen and oxygen atoms in total. The van der Waals surface area contributed by atoms with Crippen LogP contribution in [-0.2, 0) is 0 Å². The van der Waals surface area contributed by atoms with Gasteiger partial charge in [0.1, 0.15) is 0 Å². The van der Waals surface area contributed by atoms with E-state index in [9.17, 15) is 0 Å². The SMILES string of the molecule is CC(C)c1ccc(-c2cccc(-c3ccc(C#N)cc3)c2)cc1. The standard InChI is InChI=1S/C22H19N/c1-16(2)18-10-12-20(13-11-18)22-5-3-4-21(14-22)19-8-6-17(15-23)7-9-19/h3-14,16H,1-2H3. The van der Waals surface area contributed by atoms with Crippen LogP contribution in [0.4, 0.5) is 0 Å². The number of nitriles is 1. The van der Waals surface area contributed by atoms with Gasteiger partial charge in [0, 0.05) is 0 Å². The first-order valence-corrected chi connectivity index (χ1v) is 7.88. The van der Waals surface area contributed by atoms with E-state index in [0.29, 0.717) is 11.5 Å². The lowest BCUT2D eigenvalue weighted by atomic mass is 9.96. The number of benzene rings is 3. The Hall–Kier alpha value is -2.85. The molecule has 0 unspecified atom stereocenters. The number of rotatable bonds is 3. The lowest BCUT2D eigenvalue weighted by molar-refractivity contribution is 0.867. The molecule has 0 N–H and O–H groups in total. The van der Waals surface area contributed by atoms with Gasteiger partial charge in [-0.25, -0.2) is 0 Å². The van der Waals surface area contributed by atoms with E-state index in [4.69, 9.17) is 5.26 Å². The summed E-state index contributed by atoms with van der Waals surface area (Å²) >= 11 is 0. The molecule has 23 heavy (non-hydrogen) atoms. The molecule has 0 heterocycles. The highest BCUT2D eigenvalue weighted by Gasteiger charge is 2.03. The summed E-state index contributed by atoms with van der Waals surface area (Å²) in [6.07, 6.45) is 0. The second kappa shape index (κ2) is 6.50. The predicted molar refractivity (Wildman–Crippen MR) is 96.1 cm³/mol. The maximum absolute atomic E-state index is 8.90. The molecule has 3 rings (SSSR count). The first kappa shape index (κ1) is 15.1. The van der Waals surface area contributed by atoms with Crippen molar-refractivity contribution < 1.29 is 0 Å². The average molecular weight is 297 g/mol. The van der Waals surface area contributed by atoms with Crippen LogP contribution in [0.5, 0.6) is 0 Å². The summed E-state index contributed by atoms with van der Waals surface area (Å²) in [6, 6.07) is 27.2. The van der Waals surface area contributed by atoms with Gasteiger partial charge in [-0.15, -0.1) is 0 Å². The average Bonchev–Trinajstić information content (AvgIpc) is 2.62. The summed E-state index contributed by atoms with van der Waals surface area (Å²) in [5.74, 6) is 0.550. The molecule has 0 aliphatic heterocycles. The van der Waals surface area contributed by atoms with Crippen LogP contribution < -0.4 is 0 Å². The van der Waals surface area contributed by atoms with Gasteiger partial charge in [0.05, 0.1) is 11.6 Å². The van der Waals surface area contributed by atoms with Crippen LogP contribution >= 0.6 is 0 Å². The van der Waals surface area contributed by atoms with Crippen LogP contribution in [-0.4, -0.2) is 0 Å². The van der Waals surface area contributed by atoms with Gasteiger partial charge in [-0.05, 0) is 51.9 Å². The third kappa shape index (κ3) is 3.33. The summed E-state index contributed by atoms with van der Waals surface area (Å²) in [4.78, 5) is 0. The highest BCUT2D eigenvalue weighted by atomic mass is 14.2. The quantitative estimate of drug-likeness (QED) is 0.580. The van der Waals surface area contributed by atoms with Gasteiger partial charge in [0.15, 0.2) is 0 Å². The fourth-order valence-electron chi connectivity index (χ4n) is 2.68. The fourth-order valence-corrected chi connectivity index (χ4v) is 2.68. The van der Waals surface area contributed by atoms with E-state index in [2.05, 4.69) is 68.4 Å². The van der Waals surface area contributed by atoms with Crippen LogP contribution in [0, 0.1) is 11.3 Å². The number of nitrogens with zero attached hydrogens (tertiary/aromatic N) is 1. The summed E-state index contributed by atoms with van der Waals surface area (Å²) < 4.78 is 0. The van der Waals surface area contributed by atoms with Crippen molar-refractivity contribution in [1.82, 2.24) is 0 Å². The Morgan fingerprint density at radius 3 is 1.70 bits per heavy atom. The van der Waals surface area contributed by atoms with Crippen molar-refractivity contribution in [3.63, 3.8) is 0 Å². The van der Waals surface area contributed by atoms with Crippen LogP contribution in [0.3, 0.4) is 0 Å². The molecule has 0 aromatic heterocycles. The lowest BCUT2D eigenvalue weighted by Gasteiger charge is -2.09. The topological polar surface area (TPSA) is 23.8 Å². The largest absolute Gasteiger partial charge is 0.192 e. The van der Waals surface area contributed by atoms with E-state index in [1.54, 1.807) is 0 Å². The first-order chi connectivity index (χ1) is 11.2. The molecule has 0 atom stereocenters. The molecule has 0 amide bonds. The Labute approximate surface area is 137 Å². The second-order valence-corrected chi connectivity index (χ2v) is 6.05. The van der Waals surface area contributed by atoms with Crippen molar-refractivity contribution in [3.05, 3.63) is 83.9 Å². The minimum Gasteiger partial charge on any atom is -0.192 e. The molecule has 0 saturated heterocycles. The number of hydrogen-bond donors (Lipinski definition) is 0.